The predicted octanol–water partition coefficient (Wildman–Crippen LogP) is 4.09. The predicted molar refractivity (Wildman–Crippen MR) is 126 cm³/mol. The zero-order valence-corrected chi connectivity index (χ0v) is 18.8. The van der Waals surface area contributed by atoms with Crippen LogP contribution in [0, 0.1) is 0 Å². The van der Waals surface area contributed by atoms with Gasteiger partial charge in [-0.15, -0.1) is 0 Å². The molecule has 1 aliphatic heterocycles. The second kappa shape index (κ2) is 8.52. The molecule has 5 N–H and O–H groups in total. The van der Waals surface area contributed by atoms with Gasteiger partial charge in [-0.1, -0.05) is 30.3 Å². The van der Waals surface area contributed by atoms with Crippen molar-refractivity contribution in [1.82, 2.24) is 15.2 Å². The molecule has 5 nitrogen and oxygen atoms in total. The standard InChI is InChI=1S/C25H35N5/c1-24(2)15-20(16-25(3,4)29-24)30(5)23(27)14-12-21(26)19-11-13-22(28-17-19)18-9-7-6-8-10-18/h6-14,17,20,29H,15-16,26-27H2,1-5H3/b21-12-,23-14+. The molecule has 0 saturated carbocycles. The summed E-state index contributed by atoms with van der Waals surface area (Å²) in [5.74, 6) is 0.713. The first-order valence-electron chi connectivity index (χ1n) is 10.5. The van der Waals surface area contributed by atoms with Crippen LogP contribution in [0.3, 0.4) is 0 Å². The SMILES string of the molecule is CN(/C(N)=C/C=C(\N)c1ccc(-c2ccccc2)nc1)C1CC(C)(C)NC(C)(C)C1. The van der Waals surface area contributed by atoms with E-state index in [1.807, 2.05) is 54.6 Å². The van der Waals surface area contributed by atoms with Gasteiger partial charge in [-0.05, 0) is 64.8 Å². The first kappa shape index (κ1) is 21.9. The third-order valence-corrected chi connectivity index (χ3v) is 5.72. The van der Waals surface area contributed by atoms with Gasteiger partial charge in [0.15, 0.2) is 0 Å². The smallest absolute Gasteiger partial charge is 0.0987 e. The lowest BCUT2D eigenvalue weighted by Gasteiger charge is -2.49. The zero-order valence-electron chi connectivity index (χ0n) is 18.8. The minimum atomic E-state index is 0.0714. The first-order valence-corrected chi connectivity index (χ1v) is 10.5. The summed E-state index contributed by atoms with van der Waals surface area (Å²) >= 11 is 0. The van der Waals surface area contributed by atoms with Gasteiger partial charge in [0.25, 0.3) is 0 Å². The summed E-state index contributed by atoms with van der Waals surface area (Å²) in [7, 11) is 2.06. The summed E-state index contributed by atoms with van der Waals surface area (Å²) < 4.78 is 0. The molecular weight excluding hydrogens is 370 g/mol. The molecule has 5 heteroatoms. The van der Waals surface area contributed by atoms with Gasteiger partial charge >= 0.3 is 0 Å². The van der Waals surface area contributed by atoms with Crippen molar-refractivity contribution in [2.75, 3.05) is 7.05 Å². The van der Waals surface area contributed by atoms with Gasteiger partial charge in [0.2, 0.25) is 0 Å². The highest BCUT2D eigenvalue weighted by Crippen LogP contribution is 2.31. The lowest BCUT2D eigenvalue weighted by atomic mass is 9.79. The van der Waals surface area contributed by atoms with E-state index >= 15 is 0 Å². The van der Waals surface area contributed by atoms with Crippen molar-refractivity contribution in [3.8, 4) is 11.3 Å². The van der Waals surface area contributed by atoms with Gasteiger partial charge in [-0.3, -0.25) is 4.98 Å². The minimum absolute atomic E-state index is 0.0714. The Morgan fingerprint density at radius 3 is 2.20 bits per heavy atom. The number of rotatable bonds is 5. The van der Waals surface area contributed by atoms with Crippen molar-refractivity contribution in [2.45, 2.75) is 57.7 Å². The number of allylic oxidation sites excluding steroid dienone is 2. The average molecular weight is 406 g/mol. The molecule has 2 heterocycles. The molecule has 0 aliphatic carbocycles. The fourth-order valence-electron chi connectivity index (χ4n) is 4.49. The van der Waals surface area contributed by atoms with E-state index in [1.165, 1.54) is 0 Å². The monoisotopic (exact) mass is 405 g/mol. The number of nitrogens with zero attached hydrogens (tertiary/aromatic N) is 2. The Kier molecular flexibility index (Phi) is 6.22. The highest BCUT2D eigenvalue weighted by molar-refractivity contribution is 5.66. The molecule has 3 rings (SSSR count). The molecule has 0 bridgehead atoms. The Balaban J connectivity index is 1.71. The Bertz CT molecular complexity index is 894. The summed E-state index contributed by atoms with van der Waals surface area (Å²) in [6, 6.07) is 14.5. The van der Waals surface area contributed by atoms with Crippen LogP contribution in [-0.4, -0.2) is 34.1 Å². The summed E-state index contributed by atoms with van der Waals surface area (Å²) in [5.41, 5.74) is 16.4. The number of hydrogen-bond donors (Lipinski definition) is 3. The fourth-order valence-corrected chi connectivity index (χ4v) is 4.49. The van der Waals surface area contributed by atoms with Crippen molar-refractivity contribution in [2.24, 2.45) is 11.5 Å². The zero-order chi connectivity index (χ0) is 21.9. The van der Waals surface area contributed by atoms with E-state index in [0.717, 1.165) is 29.7 Å². The van der Waals surface area contributed by atoms with Crippen LogP contribution in [0.5, 0.6) is 0 Å². The molecule has 1 fully saturated rings. The fraction of sp³-hybridized carbons (Fsp3) is 0.400. The second-order valence-corrected chi connectivity index (χ2v) is 9.58. The maximum absolute atomic E-state index is 6.40. The lowest BCUT2D eigenvalue weighted by Crippen LogP contribution is -2.61. The van der Waals surface area contributed by atoms with Gasteiger partial charge < -0.3 is 21.7 Å². The van der Waals surface area contributed by atoms with Crippen molar-refractivity contribution in [1.29, 1.82) is 0 Å². The molecule has 1 aromatic heterocycles. The van der Waals surface area contributed by atoms with Crippen LogP contribution in [-0.2, 0) is 0 Å². The van der Waals surface area contributed by atoms with Crippen LogP contribution in [0.15, 0.2) is 66.6 Å². The van der Waals surface area contributed by atoms with Crippen LogP contribution < -0.4 is 16.8 Å². The Hall–Kier alpha value is -2.79. The quantitative estimate of drug-likeness (QED) is 0.653. The molecule has 0 amide bonds. The van der Waals surface area contributed by atoms with E-state index in [2.05, 4.69) is 49.9 Å². The van der Waals surface area contributed by atoms with E-state index in [4.69, 9.17) is 11.5 Å². The van der Waals surface area contributed by atoms with Crippen LogP contribution >= 0.6 is 0 Å². The molecule has 1 saturated heterocycles. The third-order valence-electron chi connectivity index (χ3n) is 5.72. The van der Waals surface area contributed by atoms with Crippen LogP contribution in [0.25, 0.3) is 17.0 Å². The number of aromatic nitrogens is 1. The maximum atomic E-state index is 6.40. The van der Waals surface area contributed by atoms with E-state index in [1.54, 1.807) is 6.20 Å². The van der Waals surface area contributed by atoms with Crippen molar-refractivity contribution < 1.29 is 0 Å². The summed E-state index contributed by atoms with van der Waals surface area (Å²) in [4.78, 5) is 6.72. The van der Waals surface area contributed by atoms with Crippen LogP contribution in [0.1, 0.15) is 46.1 Å². The average Bonchev–Trinajstić information content (AvgIpc) is 2.69. The van der Waals surface area contributed by atoms with Gasteiger partial charge in [0.05, 0.1) is 11.5 Å². The number of nitrogens with two attached hydrogens (primary N) is 2. The van der Waals surface area contributed by atoms with E-state index in [-0.39, 0.29) is 11.1 Å². The number of pyridine rings is 1. The lowest BCUT2D eigenvalue weighted by molar-refractivity contribution is 0.0981. The normalized spacial score (nSPS) is 19.5. The first-order chi connectivity index (χ1) is 14.1. The minimum Gasteiger partial charge on any atom is -0.398 e. The molecule has 0 unspecified atom stereocenters. The van der Waals surface area contributed by atoms with Gasteiger partial charge in [-0.2, -0.15) is 0 Å². The van der Waals surface area contributed by atoms with Crippen molar-refractivity contribution in [3.05, 3.63) is 72.2 Å². The number of benzene rings is 1. The maximum Gasteiger partial charge on any atom is 0.0987 e. The van der Waals surface area contributed by atoms with Crippen molar-refractivity contribution >= 4 is 5.70 Å². The highest BCUT2D eigenvalue weighted by atomic mass is 15.2. The van der Waals surface area contributed by atoms with Crippen LogP contribution in [0.4, 0.5) is 0 Å². The number of nitrogens with one attached hydrogen (secondary N) is 1. The van der Waals surface area contributed by atoms with E-state index in [0.29, 0.717) is 17.6 Å². The van der Waals surface area contributed by atoms with Crippen molar-refractivity contribution in [3.63, 3.8) is 0 Å². The van der Waals surface area contributed by atoms with Gasteiger partial charge in [0, 0.05) is 47.2 Å². The number of hydrogen-bond acceptors (Lipinski definition) is 5. The number of piperidine rings is 1. The second-order valence-electron chi connectivity index (χ2n) is 9.58. The molecule has 1 aliphatic rings. The summed E-state index contributed by atoms with van der Waals surface area (Å²) in [6.07, 6.45) is 7.63. The van der Waals surface area contributed by atoms with Crippen LogP contribution in [0.2, 0.25) is 0 Å². The Morgan fingerprint density at radius 2 is 1.63 bits per heavy atom. The topological polar surface area (TPSA) is 80.2 Å². The molecule has 0 radical (unpaired) electrons. The largest absolute Gasteiger partial charge is 0.398 e. The molecular formula is C25H35N5. The van der Waals surface area contributed by atoms with E-state index in [9.17, 15) is 0 Å². The van der Waals surface area contributed by atoms with E-state index < -0.39 is 0 Å². The van der Waals surface area contributed by atoms with Gasteiger partial charge in [0.1, 0.15) is 0 Å². The Morgan fingerprint density at radius 1 is 1.00 bits per heavy atom. The highest BCUT2D eigenvalue weighted by Gasteiger charge is 2.39. The van der Waals surface area contributed by atoms with Gasteiger partial charge in [-0.25, -0.2) is 0 Å². The molecule has 160 valence electrons. The Labute approximate surface area is 180 Å². The molecule has 2 aromatic rings. The summed E-state index contributed by atoms with van der Waals surface area (Å²) in [6.45, 7) is 8.99. The molecule has 30 heavy (non-hydrogen) atoms. The molecule has 1 aromatic carbocycles. The summed E-state index contributed by atoms with van der Waals surface area (Å²) in [5, 5.41) is 3.72. The molecule has 0 spiro atoms. The third kappa shape index (κ3) is 5.42. The molecule has 0 atom stereocenters.